The number of benzene rings is 2. The van der Waals surface area contributed by atoms with Gasteiger partial charge in [-0.15, -0.1) is 0 Å². The van der Waals surface area contributed by atoms with E-state index in [1.54, 1.807) is 12.3 Å². The highest BCUT2D eigenvalue weighted by Crippen LogP contribution is 2.33. The molecule has 0 atom stereocenters. The van der Waals surface area contributed by atoms with Crippen LogP contribution in [0, 0.1) is 0 Å². The van der Waals surface area contributed by atoms with Crippen LogP contribution < -0.4 is 15.0 Å². The van der Waals surface area contributed by atoms with Crippen LogP contribution in [-0.4, -0.2) is 60.6 Å². The van der Waals surface area contributed by atoms with E-state index in [1.165, 1.54) is 5.69 Å². The Kier molecular flexibility index (Phi) is 5.79. The van der Waals surface area contributed by atoms with Gasteiger partial charge in [-0.25, -0.2) is 4.98 Å². The summed E-state index contributed by atoms with van der Waals surface area (Å²) in [5, 5.41) is 6.84. The molecule has 2 aromatic carbocycles. The van der Waals surface area contributed by atoms with Crippen LogP contribution in [-0.2, 0) is 0 Å². The van der Waals surface area contributed by atoms with Gasteiger partial charge in [-0.2, -0.15) is 0 Å². The van der Waals surface area contributed by atoms with E-state index in [0.29, 0.717) is 23.9 Å². The molecule has 1 aliphatic rings. The van der Waals surface area contributed by atoms with E-state index in [4.69, 9.17) is 4.74 Å². The third kappa shape index (κ3) is 4.19. The first-order valence-electron chi connectivity index (χ1n) is 11.3. The summed E-state index contributed by atoms with van der Waals surface area (Å²) in [5.74, 6) is 0.192. The monoisotopic (exact) mass is 441 g/mol. The molecule has 168 valence electrons. The summed E-state index contributed by atoms with van der Waals surface area (Å²) < 4.78 is 5.71. The van der Waals surface area contributed by atoms with Crippen LogP contribution in [0.2, 0.25) is 0 Å². The number of hydrogen-bond donors (Lipinski definition) is 1. The van der Waals surface area contributed by atoms with E-state index in [0.717, 1.165) is 47.7 Å². The summed E-state index contributed by atoms with van der Waals surface area (Å²) in [6, 6.07) is 15.6. The van der Waals surface area contributed by atoms with Crippen LogP contribution in [0.1, 0.15) is 17.4 Å². The fourth-order valence-electron chi connectivity index (χ4n) is 4.32. The van der Waals surface area contributed by atoms with Crippen molar-refractivity contribution in [3.63, 3.8) is 0 Å². The summed E-state index contributed by atoms with van der Waals surface area (Å²) in [4.78, 5) is 26.8. The number of likely N-dealkylation sites (N-methyl/N-ethyl adjacent to an activating group) is 1. The average Bonchev–Trinajstić information content (AvgIpc) is 2.85. The van der Waals surface area contributed by atoms with Crippen molar-refractivity contribution in [1.29, 1.82) is 0 Å². The molecule has 1 aliphatic heterocycles. The number of pyridine rings is 2. The van der Waals surface area contributed by atoms with Crippen LogP contribution in [0.5, 0.6) is 5.88 Å². The molecule has 0 radical (unpaired) electrons. The van der Waals surface area contributed by atoms with E-state index in [9.17, 15) is 4.79 Å². The van der Waals surface area contributed by atoms with Crippen molar-refractivity contribution >= 4 is 38.8 Å². The molecule has 33 heavy (non-hydrogen) atoms. The van der Waals surface area contributed by atoms with Crippen LogP contribution in [0.4, 0.5) is 11.4 Å². The largest absolute Gasteiger partial charge is 0.478 e. The molecule has 0 bridgehead atoms. The van der Waals surface area contributed by atoms with Gasteiger partial charge in [0.15, 0.2) is 0 Å². The second kappa shape index (κ2) is 9.03. The molecule has 0 aliphatic carbocycles. The zero-order valence-corrected chi connectivity index (χ0v) is 18.9. The number of anilines is 2. The molecule has 1 N–H and O–H groups in total. The second-order valence-electron chi connectivity index (χ2n) is 8.26. The van der Waals surface area contributed by atoms with Gasteiger partial charge >= 0.3 is 0 Å². The lowest BCUT2D eigenvalue weighted by Crippen LogP contribution is -2.44. The molecule has 2 aromatic heterocycles. The highest BCUT2D eigenvalue weighted by molar-refractivity contribution is 6.11. The molecule has 7 heteroatoms. The molecule has 1 saturated heterocycles. The number of ether oxygens (including phenoxy) is 1. The smallest absolute Gasteiger partial charge is 0.274 e. The summed E-state index contributed by atoms with van der Waals surface area (Å²) in [7, 11) is 2.15. The molecule has 0 saturated carbocycles. The minimum Gasteiger partial charge on any atom is -0.478 e. The molecular weight excluding hydrogens is 414 g/mol. The summed E-state index contributed by atoms with van der Waals surface area (Å²) in [6.07, 6.45) is 3.61. The Morgan fingerprint density at radius 3 is 2.67 bits per heavy atom. The maximum absolute atomic E-state index is 13.2. The lowest BCUT2D eigenvalue weighted by atomic mass is 10.1. The number of carbonyl (C=O) groups excluding carboxylic acids is 1. The van der Waals surface area contributed by atoms with Crippen molar-refractivity contribution in [3.05, 3.63) is 66.6 Å². The predicted octanol–water partition coefficient (Wildman–Crippen LogP) is 4.19. The second-order valence-corrected chi connectivity index (χ2v) is 8.26. The number of aromatic nitrogens is 2. The van der Waals surface area contributed by atoms with Crippen LogP contribution >= 0.6 is 0 Å². The van der Waals surface area contributed by atoms with E-state index in [-0.39, 0.29) is 5.91 Å². The lowest BCUT2D eigenvalue weighted by molar-refractivity contribution is 0.102. The van der Waals surface area contributed by atoms with Crippen LogP contribution in [0.3, 0.4) is 0 Å². The minimum atomic E-state index is -0.279. The van der Waals surface area contributed by atoms with Gasteiger partial charge in [-0.3, -0.25) is 9.78 Å². The molecule has 1 amide bonds. The summed E-state index contributed by atoms with van der Waals surface area (Å²) >= 11 is 0. The van der Waals surface area contributed by atoms with Crippen LogP contribution in [0.15, 0.2) is 60.9 Å². The van der Waals surface area contributed by atoms with E-state index < -0.39 is 0 Å². The Labute approximate surface area is 193 Å². The molecule has 5 rings (SSSR count). The standard InChI is InChI=1S/C26H27N5O2/c1-3-33-26-19-7-5-4-6-18(19)16-23(29-26)25(32)28-22-8-9-24(20-10-11-27-17-21(20)22)31-14-12-30(2)13-15-31/h4-11,16-17H,3,12-15H2,1-2H3,(H,28,32). The van der Waals surface area contributed by atoms with Gasteiger partial charge in [0.1, 0.15) is 5.69 Å². The maximum Gasteiger partial charge on any atom is 0.274 e. The number of nitrogens with zero attached hydrogens (tertiary/aromatic N) is 4. The van der Waals surface area contributed by atoms with Crippen molar-refractivity contribution in [2.75, 3.05) is 50.1 Å². The fraction of sp³-hybridized carbons (Fsp3) is 0.269. The third-order valence-corrected chi connectivity index (χ3v) is 6.11. The van der Waals surface area contributed by atoms with Gasteiger partial charge < -0.3 is 19.9 Å². The highest BCUT2D eigenvalue weighted by atomic mass is 16.5. The van der Waals surface area contributed by atoms with Gasteiger partial charge in [-0.1, -0.05) is 18.2 Å². The number of fused-ring (bicyclic) bond motifs is 2. The highest BCUT2D eigenvalue weighted by Gasteiger charge is 2.19. The molecule has 7 nitrogen and oxygen atoms in total. The van der Waals surface area contributed by atoms with Crippen LogP contribution in [0.25, 0.3) is 21.5 Å². The zero-order chi connectivity index (χ0) is 22.8. The molecule has 4 aromatic rings. The Morgan fingerprint density at radius 1 is 1.03 bits per heavy atom. The molecule has 0 spiro atoms. The first kappa shape index (κ1) is 21.2. The average molecular weight is 442 g/mol. The van der Waals surface area contributed by atoms with E-state index in [2.05, 4.69) is 38.2 Å². The van der Waals surface area contributed by atoms with Gasteiger partial charge in [0.25, 0.3) is 5.91 Å². The quantitative estimate of drug-likeness (QED) is 0.501. The number of hydrogen-bond acceptors (Lipinski definition) is 6. The normalized spacial score (nSPS) is 14.5. The maximum atomic E-state index is 13.2. The van der Waals surface area contributed by atoms with Gasteiger partial charge in [0, 0.05) is 60.4 Å². The topological polar surface area (TPSA) is 70.6 Å². The van der Waals surface area contributed by atoms with Gasteiger partial charge in [-0.05, 0) is 49.7 Å². The lowest BCUT2D eigenvalue weighted by Gasteiger charge is -2.34. The Bertz CT molecular complexity index is 1310. The number of piperazine rings is 1. The van der Waals surface area contributed by atoms with E-state index in [1.807, 2.05) is 49.5 Å². The van der Waals surface area contributed by atoms with Crippen molar-refractivity contribution in [1.82, 2.24) is 14.9 Å². The first-order valence-corrected chi connectivity index (χ1v) is 11.3. The Hall–Kier alpha value is -3.71. The first-order chi connectivity index (χ1) is 16.1. The third-order valence-electron chi connectivity index (χ3n) is 6.11. The number of rotatable bonds is 5. The van der Waals surface area contributed by atoms with Gasteiger partial charge in [0.05, 0.1) is 12.3 Å². The van der Waals surface area contributed by atoms with Crippen molar-refractivity contribution in [2.45, 2.75) is 6.92 Å². The van der Waals surface area contributed by atoms with Crippen molar-refractivity contribution < 1.29 is 9.53 Å². The van der Waals surface area contributed by atoms with Gasteiger partial charge in [0.2, 0.25) is 5.88 Å². The van der Waals surface area contributed by atoms with Crippen molar-refractivity contribution in [3.8, 4) is 5.88 Å². The summed E-state index contributed by atoms with van der Waals surface area (Å²) in [5.41, 5.74) is 2.20. The van der Waals surface area contributed by atoms with Crippen molar-refractivity contribution in [2.24, 2.45) is 0 Å². The minimum absolute atomic E-state index is 0.279. The predicted molar refractivity (Wildman–Crippen MR) is 132 cm³/mol. The molecular formula is C26H27N5O2. The number of carbonyl (C=O) groups is 1. The number of amides is 1. The molecule has 3 heterocycles. The fourth-order valence-corrected chi connectivity index (χ4v) is 4.32. The molecule has 1 fully saturated rings. The Morgan fingerprint density at radius 2 is 1.85 bits per heavy atom. The Balaban J connectivity index is 1.48. The SMILES string of the molecule is CCOc1nc(C(=O)Nc2ccc(N3CCN(C)CC3)c3ccncc23)cc2ccccc12. The summed E-state index contributed by atoms with van der Waals surface area (Å²) in [6.45, 7) is 6.39. The zero-order valence-electron chi connectivity index (χ0n) is 18.9. The van der Waals surface area contributed by atoms with E-state index >= 15 is 0 Å². The number of nitrogens with one attached hydrogen (secondary N) is 1. The molecule has 0 unspecified atom stereocenters.